The summed E-state index contributed by atoms with van der Waals surface area (Å²) in [6, 6.07) is 10.0. The number of nitrogens with one attached hydrogen (secondary N) is 1. The van der Waals surface area contributed by atoms with Gasteiger partial charge in [-0.25, -0.2) is 0 Å². The molecule has 2 aromatic rings. The number of hydrogen-bond donors (Lipinski definition) is 2. The van der Waals surface area contributed by atoms with E-state index in [4.69, 9.17) is 11.6 Å². The highest BCUT2D eigenvalue weighted by atomic mass is 79.9. The van der Waals surface area contributed by atoms with Crippen LogP contribution in [0.1, 0.15) is 15.9 Å². The van der Waals surface area contributed by atoms with Crippen molar-refractivity contribution in [2.45, 2.75) is 6.92 Å². The van der Waals surface area contributed by atoms with Gasteiger partial charge in [0.2, 0.25) is 0 Å². The molecule has 98 valence electrons. The van der Waals surface area contributed by atoms with Gasteiger partial charge in [-0.15, -0.1) is 0 Å². The standard InChI is InChI=1S/C14H11BrClNO2/c1-8-2-4-10(13(18)6-8)14(19)17-12-5-3-9(15)7-11(12)16/h2-7,18H,1H3,(H,17,19). The molecule has 0 heterocycles. The van der Waals surface area contributed by atoms with Gasteiger partial charge in [-0.05, 0) is 42.8 Å². The van der Waals surface area contributed by atoms with E-state index < -0.39 is 5.91 Å². The Morgan fingerprint density at radius 3 is 2.63 bits per heavy atom. The van der Waals surface area contributed by atoms with Gasteiger partial charge in [-0.1, -0.05) is 33.6 Å². The predicted octanol–water partition coefficient (Wildman–Crippen LogP) is 4.37. The molecule has 5 heteroatoms. The van der Waals surface area contributed by atoms with Crippen LogP contribution in [0.15, 0.2) is 40.9 Å². The lowest BCUT2D eigenvalue weighted by molar-refractivity contribution is 0.102. The third-order valence-electron chi connectivity index (χ3n) is 2.58. The van der Waals surface area contributed by atoms with Gasteiger partial charge in [-0.3, -0.25) is 4.79 Å². The quantitative estimate of drug-likeness (QED) is 0.853. The number of carbonyl (C=O) groups excluding carboxylic acids is 1. The minimum absolute atomic E-state index is 0.0502. The lowest BCUT2D eigenvalue weighted by atomic mass is 10.1. The zero-order valence-corrected chi connectivity index (χ0v) is 12.4. The SMILES string of the molecule is Cc1ccc(C(=O)Nc2ccc(Br)cc2Cl)c(O)c1. The molecule has 2 aromatic carbocycles. The molecule has 0 radical (unpaired) electrons. The molecular weight excluding hydrogens is 330 g/mol. The van der Waals surface area contributed by atoms with Crippen LogP contribution in [-0.2, 0) is 0 Å². The van der Waals surface area contributed by atoms with Crippen molar-refractivity contribution >= 4 is 39.1 Å². The molecule has 0 spiro atoms. The topological polar surface area (TPSA) is 49.3 Å². The number of benzene rings is 2. The molecule has 0 atom stereocenters. The number of amides is 1. The van der Waals surface area contributed by atoms with Crippen molar-refractivity contribution in [3.8, 4) is 5.75 Å². The van der Waals surface area contributed by atoms with Crippen molar-refractivity contribution in [2.24, 2.45) is 0 Å². The summed E-state index contributed by atoms with van der Waals surface area (Å²) in [6.07, 6.45) is 0. The van der Waals surface area contributed by atoms with Gasteiger partial charge in [0, 0.05) is 4.47 Å². The summed E-state index contributed by atoms with van der Waals surface area (Å²) in [6.45, 7) is 1.84. The Bertz CT molecular complexity index is 643. The van der Waals surface area contributed by atoms with Gasteiger partial charge in [0.25, 0.3) is 5.91 Å². The maximum atomic E-state index is 12.0. The predicted molar refractivity (Wildman–Crippen MR) is 79.9 cm³/mol. The van der Waals surface area contributed by atoms with E-state index in [-0.39, 0.29) is 11.3 Å². The molecular formula is C14H11BrClNO2. The normalized spacial score (nSPS) is 10.3. The first-order valence-electron chi connectivity index (χ1n) is 5.53. The average Bonchev–Trinajstić information content (AvgIpc) is 2.32. The number of anilines is 1. The van der Waals surface area contributed by atoms with Gasteiger partial charge in [-0.2, -0.15) is 0 Å². The Labute approximate surface area is 124 Å². The van der Waals surface area contributed by atoms with Gasteiger partial charge in [0.05, 0.1) is 16.3 Å². The molecule has 0 aliphatic rings. The Morgan fingerprint density at radius 2 is 2.00 bits per heavy atom. The smallest absolute Gasteiger partial charge is 0.259 e. The van der Waals surface area contributed by atoms with Gasteiger partial charge in [0.1, 0.15) is 5.75 Å². The number of aryl methyl sites for hydroxylation is 1. The molecule has 0 aromatic heterocycles. The van der Waals surface area contributed by atoms with E-state index in [0.29, 0.717) is 10.7 Å². The van der Waals surface area contributed by atoms with E-state index in [1.165, 1.54) is 6.07 Å². The maximum absolute atomic E-state index is 12.0. The van der Waals surface area contributed by atoms with Gasteiger partial charge in [0.15, 0.2) is 0 Å². The van der Waals surface area contributed by atoms with Gasteiger partial charge < -0.3 is 10.4 Å². The Kier molecular flexibility index (Phi) is 4.12. The molecule has 2 rings (SSSR count). The Balaban J connectivity index is 2.25. The number of hydrogen-bond acceptors (Lipinski definition) is 2. The van der Waals surface area contributed by atoms with E-state index in [9.17, 15) is 9.90 Å². The molecule has 2 N–H and O–H groups in total. The number of phenolic OH excluding ortho intramolecular Hbond substituents is 1. The molecule has 19 heavy (non-hydrogen) atoms. The van der Waals surface area contributed by atoms with E-state index in [1.807, 2.05) is 6.92 Å². The second kappa shape index (κ2) is 5.63. The van der Waals surface area contributed by atoms with Crippen LogP contribution >= 0.6 is 27.5 Å². The molecule has 1 amide bonds. The molecule has 0 aliphatic heterocycles. The van der Waals surface area contributed by atoms with Crippen LogP contribution in [0.2, 0.25) is 5.02 Å². The van der Waals surface area contributed by atoms with E-state index in [0.717, 1.165) is 10.0 Å². The highest BCUT2D eigenvalue weighted by Gasteiger charge is 2.12. The third-order valence-corrected chi connectivity index (χ3v) is 3.38. The number of phenols is 1. The van der Waals surface area contributed by atoms with Crippen LogP contribution in [0, 0.1) is 6.92 Å². The molecule has 0 saturated heterocycles. The first kappa shape index (κ1) is 13.9. The maximum Gasteiger partial charge on any atom is 0.259 e. The summed E-state index contributed by atoms with van der Waals surface area (Å²) < 4.78 is 0.827. The van der Waals surface area contributed by atoms with Crippen molar-refractivity contribution < 1.29 is 9.90 Å². The van der Waals surface area contributed by atoms with Crippen molar-refractivity contribution in [3.63, 3.8) is 0 Å². The fourth-order valence-electron chi connectivity index (χ4n) is 1.61. The molecule has 0 unspecified atom stereocenters. The molecule has 3 nitrogen and oxygen atoms in total. The highest BCUT2D eigenvalue weighted by molar-refractivity contribution is 9.10. The fourth-order valence-corrected chi connectivity index (χ4v) is 2.33. The lowest BCUT2D eigenvalue weighted by Gasteiger charge is -2.09. The van der Waals surface area contributed by atoms with E-state index in [1.54, 1.807) is 30.3 Å². The molecule has 0 saturated carbocycles. The van der Waals surface area contributed by atoms with Crippen molar-refractivity contribution in [3.05, 3.63) is 57.0 Å². The van der Waals surface area contributed by atoms with Crippen LogP contribution in [0.5, 0.6) is 5.75 Å². The third kappa shape index (κ3) is 3.28. The molecule has 0 aliphatic carbocycles. The Morgan fingerprint density at radius 1 is 1.26 bits per heavy atom. The van der Waals surface area contributed by atoms with Crippen LogP contribution in [0.25, 0.3) is 0 Å². The van der Waals surface area contributed by atoms with Crippen molar-refractivity contribution in [2.75, 3.05) is 5.32 Å². The summed E-state index contributed by atoms with van der Waals surface area (Å²) in [5.41, 5.74) is 1.59. The monoisotopic (exact) mass is 339 g/mol. The van der Waals surface area contributed by atoms with E-state index in [2.05, 4.69) is 21.2 Å². The van der Waals surface area contributed by atoms with Crippen LogP contribution in [-0.4, -0.2) is 11.0 Å². The summed E-state index contributed by atoms with van der Waals surface area (Å²) in [5, 5.41) is 12.8. The van der Waals surface area contributed by atoms with Crippen LogP contribution in [0.3, 0.4) is 0 Å². The minimum atomic E-state index is -0.401. The highest BCUT2D eigenvalue weighted by Crippen LogP contribution is 2.27. The summed E-state index contributed by atoms with van der Waals surface area (Å²) in [7, 11) is 0. The van der Waals surface area contributed by atoms with Gasteiger partial charge >= 0.3 is 0 Å². The van der Waals surface area contributed by atoms with Crippen LogP contribution < -0.4 is 5.32 Å². The second-order valence-corrected chi connectivity index (χ2v) is 5.42. The first-order valence-corrected chi connectivity index (χ1v) is 6.70. The lowest BCUT2D eigenvalue weighted by Crippen LogP contribution is -2.12. The van der Waals surface area contributed by atoms with Crippen molar-refractivity contribution in [1.82, 2.24) is 0 Å². The van der Waals surface area contributed by atoms with Crippen LogP contribution in [0.4, 0.5) is 5.69 Å². The molecule has 0 bridgehead atoms. The number of halogens is 2. The average molecular weight is 341 g/mol. The summed E-state index contributed by atoms with van der Waals surface area (Å²) in [5.74, 6) is -0.451. The largest absolute Gasteiger partial charge is 0.507 e. The van der Waals surface area contributed by atoms with Crippen molar-refractivity contribution in [1.29, 1.82) is 0 Å². The number of carbonyl (C=O) groups is 1. The molecule has 0 fully saturated rings. The zero-order chi connectivity index (χ0) is 14.0. The zero-order valence-electron chi connectivity index (χ0n) is 10.1. The Hall–Kier alpha value is -1.52. The number of rotatable bonds is 2. The first-order chi connectivity index (χ1) is 8.97. The van der Waals surface area contributed by atoms with E-state index >= 15 is 0 Å². The number of aromatic hydroxyl groups is 1. The summed E-state index contributed by atoms with van der Waals surface area (Å²) in [4.78, 5) is 12.0. The fraction of sp³-hybridized carbons (Fsp3) is 0.0714. The summed E-state index contributed by atoms with van der Waals surface area (Å²) >= 11 is 9.31. The second-order valence-electron chi connectivity index (χ2n) is 4.10. The minimum Gasteiger partial charge on any atom is -0.507 e.